The lowest BCUT2D eigenvalue weighted by molar-refractivity contribution is -0.119. The third-order valence-electron chi connectivity index (χ3n) is 3.67. The van der Waals surface area contributed by atoms with E-state index in [4.69, 9.17) is 15.2 Å². The van der Waals surface area contributed by atoms with E-state index in [9.17, 15) is 14.4 Å². The van der Waals surface area contributed by atoms with Gasteiger partial charge in [0.15, 0.2) is 11.9 Å². The topological polar surface area (TPSA) is 116 Å². The van der Waals surface area contributed by atoms with Crippen molar-refractivity contribution in [1.82, 2.24) is 9.55 Å². The summed E-state index contributed by atoms with van der Waals surface area (Å²) < 4.78 is 26.2. The van der Waals surface area contributed by atoms with Gasteiger partial charge in [0.2, 0.25) is 6.23 Å². The number of methoxy groups -OCH3 is 1. The fourth-order valence-electron chi connectivity index (χ4n) is 2.12. The zero-order chi connectivity index (χ0) is 19.3. The molecule has 10 heteroatoms. The van der Waals surface area contributed by atoms with Crippen molar-refractivity contribution in [2.75, 3.05) is 11.5 Å². The van der Waals surface area contributed by atoms with E-state index < -0.39 is 35.3 Å². The predicted octanol–water partition coefficient (Wildman–Crippen LogP) is 0.967. The summed E-state index contributed by atoms with van der Waals surface area (Å²) in [5, 5.41) is 0. The summed E-state index contributed by atoms with van der Waals surface area (Å²) in [5.41, 5.74) is 2.61. The van der Waals surface area contributed by atoms with Gasteiger partial charge in [-0.3, -0.25) is 14.3 Å². The van der Waals surface area contributed by atoms with Crippen LogP contribution in [0.4, 0.5) is 4.39 Å². The van der Waals surface area contributed by atoms with Crippen LogP contribution in [0.15, 0.2) is 52.2 Å². The van der Waals surface area contributed by atoms with Gasteiger partial charge in [-0.15, -0.1) is 0 Å². The molecule has 0 saturated heterocycles. The van der Waals surface area contributed by atoms with Crippen LogP contribution in [0.1, 0.15) is 16.6 Å². The molecule has 0 aliphatic carbocycles. The molecule has 3 atom stereocenters. The number of ether oxygens (including phenoxy) is 2. The lowest BCUT2D eigenvalue weighted by Crippen LogP contribution is -2.57. The second kappa shape index (κ2) is 8.56. The Balaban J connectivity index is 2.46. The summed E-state index contributed by atoms with van der Waals surface area (Å²) in [6, 6.07) is 8.88. The number of nitrogens with two attached hydrogens (primary N) is 1. The molecule has 2 rings (SSSR count). The molecule has 1 aromatic carbocycles. The SMILES string of the molecule is CO[C@](N)(CI)[C@@H](F)[C@@H](OC(=O)c1ccccc1)n1ccc(=O)[nH]c1=O. The number of rotatable bonds is 7. The van der Waals surface area contributed by atoms with Crippen LogP contribution in [-0.2, 0) is 9.47 Å². The third-order valence-corrected chi connectivity index (χ3v) is 4.86. The van der Waals surface area contributed by atoms with Crippen LogP contribution < -0.4 is 17.0 Å². The van der Waals surface area contributed by atoms with Crippen LogP contribution in [0.5, 0.6) is 0 Å². The Morgan fingerprint density at radius 2 is 2.00 bits per heavy atom. The van der Waals surface area contributed by atoms with E-state index in [1.807, 2.05) is 27.6 Å². The smallest absolute Gasteiger partial charge is 0.340 e. The molecular weight excluding hydrogens is 460 g/mol. The number of nitrogens with zero attached hydrogens (tertiary/aromatic N) is 1. The van der Waals surface area contributed by atoms with Crippen LogP contribution in [0.3, 0.4) is 0 Å². The fourth-order valence-corrected chi connectivity index (χ4v) is 2.85. The van der Waals surface area contributed by atoms with Gasteiger partial charge < -0.3 is 15.2 Å². The minimum absolute atomic E-state index is 0.0138. The number of H-pyrrole nitrogens is 1. The number of hydrogen-bond donors (Lipinski definition) is 2. The van der Waals surface area contributed by atoms with Crippen molar-refractivity contribution in [2.45, 2.75) is 18.1 Å². The first-order chi connectivity index (χ1) is 12.3. The van der Waals surface area contributed by atoms with Crippen molar-refractivity contribution in [3.63, 3.8) is 0 Å². The third kappa shape index (κ3) is 4.37. The number of aromatic amines is 1. The van der Waals surface area contributed by atoms with E-state index >= 15 is 4.39 Å². The van der Waals surface area contributed by atoms with E-state index in [2.05, 4.69) is 0 Å². The van der Waals surface area contributed by atoms with Crippen LogP contribution >= 0.6 is 22.6 Å². The van der Waals surface area contributed by atoms with E-state index in [0.717, 1.165) is 16.8 Å². The Morgan fingerprint density at radius 3 is 2.54 bits per heavy atom. The quantitative estimate of drug-likeness (QED) is 0.266. The highest BCUT2D eigenvalue weighted by atomic mass is 127. The van der Waals surface area contributed by atoms with Gasteiger partial charge in [0, 0.05) is 23.8 Å². The maximum Gasteiger partial charge on any atom is 0.340 e. The first-order valence-corrected chi connectivity index (χ1v) is 8.96. The average molecular weight is 477 g/mol. The van der Waals surface area contributed by atoms with Crippen LogP contribution in [0.2, 0.25) is 0 Å². The number of carbonyl (C=O) groups excluding carboxylic acids is 1. The van der Waals surface area contributed by atoms with Gasteiger partial charge in [-0.05, 0) is 12.1 Å². The number of esters is 1. The number of hydrogen-bond acceptors (Lipinski definition) is 6. The molecule has 3 N–H and O–H groups in total. The summed E-state index contributed by atoms with van der Waals surface area (Å²) in [6.45, 7) is 0. The highest BCUT2D eigenvalue weighted by Gasteiger charge is 2.44. The zero-order valence-electron chi connectivity index (χ0n) is 13.7. The monoisotopic (exact) mass is 477 g/mol. The van der Waals surface area contributed by atoms with Gasteiger partial charge in [0.25, 0.3) is 5.56 Å². The zero-order valence-corrected chi connectivity index (χ0v) is 15.9. The minimum atomic E-state index is -2.10. The van der Waals surface area contributed by atoms with Gasteiger partial charge in [0.1, 0.15) is 0 Å². The van der Waals surface area contributed by atoms with Crippen LogP contribution in [0, 0.1) is 0 Å². The van der Waals surface area contributed by atoms with E-state index in [0.29, 0.717) is 0 Å². The number of benzene rings is 1. The molecule has 0 radical (unpaired) electrons. The number of nitrogens with one attached hydrogen (secondary N) is 1. The standard InChI is InChI=1S/C16H17FIN3O5/c1-25-16(19,9-18)12(17)13(21-8-7-11(22)20-15(21)24)26-14(23)10-5-3-2-4-6-10/h2-8,12-13H,9,19H2,1H3,(H,20,22,24)/t12-,13+,16+/m0/s1. The summed E-state index contributed by atoms with van der Waals surface area (Å²) in [5.74, 6) is -0.858. The molecule has 2 aromatic rings. The molecule has 0 aliphatic heterocycles. The Hall–Kier alpha value is -2.05. The summed E-state index contributed by atoms with van der Waals surface area (Å²) in [6.07, 6.45) is -2.81. The molecule has 140 valence electrons. The lowest BCUT2D eigenvalue weighted by Gasteiger charge is -2.34. The molecule has 0 aliphatic rings. The van der Waals surface area contributed by atoms with E-state index in [1.165, 1.54) is 19.2 Å². The first kappa shape index (κ1) is 20.3. The van der Waals surface area contributed by atoms with Crippen molar-refractivity contribution in [3.05, 3.63) is 69.0 Å². The van der Waals surface area contributed by atoms with Gasteiger partial charge in [-0.2, -0.15) is 0 Å². The first-order valence-electron chi connectivity index (χ1n) is 7.44. The Kier molecular flexibility index (Phi) is 6.67. The number of aromatic nitrogens is 2. The fraction of sp³-hybridized carbons (Fsp3) is 0.312. The van der Waals surface area contributed by atoms with Crippen molar-refractivity contribution in [3.8, 4) is 0 Å². The van der Waals surface area contributed by atoms with Crippen LogP contribution in [0.25, 0.3) is 0 Å². The lowest BCUT2D eigenvalue weighted by atomic mass is 10.1. The Morgan fingerprint density at radius 1 is 1.35 bits per heavy atom. The van der Waals surface area contributed by atoms with Gasteiger partial charge in [0.05, 0.1) is 5.56 Å². The second-order valence-electron chi connectivity index (χ2n) is 5.37. The van der Waals surface area contributed by atoms with Crippen molar-refractivity contribution >= 4 is 28.6 Å². The second-order valence-corrected chi connectivity index (χ2v) is 6.14. The maximum absolute atomic E-state index is 15.2. The van der Waals surface area contributed by atoms with E-state index in [-0.39, 0.29) is 9.99 Å². The summed E-state index contributed by atoms with van der Waals surface area (Å²) in [4.78, 5) is 37.7. The van der Waals surface area contributed by atoms with Gasteiger partial charge in [-0.1, -0.05) is 40.8 Å². The number of carbonyl (C=O) groups is 1. The molecule has 0 bridgehead atoms. The van der Waals surface area contributed by atoms with Crippen molar-refractivity contribution in [1.29, 1.82) is 0 Å². The normalized spacial score (nSPS) is 15.7. The maximum atomic E-state index is 15.2. The summed E-state index contributed by atoms with van der Waals surface area (Å²) >= 11 is 1.82. The number of halogens is 2. The minimum Gasteiger partial charge on any atom is -0.434 e. The molecule has 0 unspecified atom stereocenters. The molecule has 0 saturated carbocycles. The molecule has 0 spiro atoms. The van der Waals surface area contributed by atoms with Crippen molar-refractivity contribution in [2.24, 2.45) is 5.73 Å². The van der Waals surface area contributed by atoms with Crippen molar-refractivity contribution < 1.29 is 18.7 Å². The highest BCUT2D eigenvalue weighted by Crippen LogP contribution is 2.27. The van der Waals surface area contributed by atoms with Gasteiger partial charge in [-0.25, -0.2) is 14.0 Å². The Labute approximate surface area is 161 Å². The summed E-state index contributed by atoms with van der Waals surface area (Å²) in [7, 11) is 1.21. The molecule has 0 amide bonds. The molecular formula is C16H17FIN3O5. The number of alkyl halides is 2. The largest absolute Gasteiger partial charge is 0.434 e. The average Bonchev–Trinajstić information content (AvgIpc) is 2.66. The van der Waals surface area contributed by atoms with Crippen LogP contribution in [-0.4, -0.2) is 39.0 Å². The molecule has 8 nitrogen and oxygen atoms in total. The van der Waals surface area contributed by atoms with Gasteiger partial charge >= 0.3 is 11.7 Å². The van der Waals surface area contributed by atoms with E-state index in [1.54, 1.807) is 18.2 Å². The molecule has 26 heavy (non-hydrogen) atoms. The highest BCUT2D eigenvalue weighted by molar-refractivity contribution is 14.1. The molecule has 1 heterocycles. The molecule has 0 fully saturated rings. The Bertz CT molecular complexity index is 866. The molecule has 1 aromatic heterocycles. The predicted molar refractivity (Wildman–Crippen MR) is 99.9 cm³/mol.